The second-order valence-electron chi connectivity index (χ2n) is 5.05. The summed E-state index contributed by atoms with van der Waals surface area (Å²) in [5.41, 5.74) is 2.16. The zero-order chi connectivity index (χ0) is 16.0. The Labute approximate surface area is 145 Å². The van der Waals surface area contributed by atoms with Gasteiger partial charge in [-0.1, -0.05) is 31.9 Å². The Kier molecular flexibility index (Phi) is 3.82. The normalized spacial score (nSPS) is 14.4. The molecule has 3 rings (SSSR count). The fraction of sp³-hybridized carbons (Fsp3) is 0.125. The molecule has 2 aromatic rings. The van der Waals surface area contributed by atoms with Crippen LogP contribution in [-0.2, 0) is 0 Å². The highest BCUT2D eigenvalue weighted by atomic mass is 79.9. The molecule has 0 atom stereocenters. The maximum absolute atomic E-state index is 12.8. The minimum absolute atomic E-state index is 0.153. The molecule has 0 bridgehead atoms. The van der Waals surface area contributed by atoms with Crippen LogP contribution in [-0.4, -0.2) is 25.9 Å². The largest absolute Gasteiger partial charge is 0.311 e. The summed E-state index contributed by atoms with van der Waals surface area (Å²) in [5.74, 6) is -0.307. The Balaban J connectivity index is 2.28. The van der Waals surface area contributed by atoms with Crippen molar-refractivity contribution >= 4 is 55.0 Å². The van der Waals surface area contributed by atoms with Crippen LogP contribution in [0.15, 0.2) is 45.3 Å². The van der Waals surface area contributed by atoms with Crippen LogP contribution in [0.1, 0.15) is 20.7 Å². The zero-order valence-electron chi connectivity index (χ0n) is 11.9. The summed E-state index contributed by atoms with van der Waals surface area (Å²) in [6.07, 6.45) is 0. The number of rotatable bonds is 0. The predicted molar refractivity (Wildman–Crippen MR) is 93.8 cm³/mol. The third-order valence-corrected chi connectivity index (χ3v) is 4.70. The van der Waals surface area contributed by atoms with Crippen LogP contribution in [0.3, 0.4) is 0 Å². The first-order valence-corrected chi connectivity index (χ1v) is 8.14. The van der Waals surface area contributed by atoms with E-state index >= 15 is 0 Å². The minimum Gasteiger partial charge on any atom is -0.311 e. The van der Waals surface area contributed by atoms with Gasteiger partial charge in [0.2, 0.25) is 0 Å². The molecule has 0 fully saturated rings. The highest BCUT2D eigenvalue weighted by Crippen LogP contribution is 2.33. The first kappa shape index (κ1) is 15.2. The van der Waals surface area contributed by atoms with Gasteiger partial charge in [0, 0.05) is 23.0 Å². The van der Waals surface area contributed by atoms with Crippen molar-refractivity contribution in [3.05, 3.63) is 56.5 Å². The Morgan fingerprint density at radius 3 is 1.45 bits per heavy atom. The summed E-state index contributed by atoms with van der Waals surface area (Å²) in [7, 11) is 3.36. The summed E-state index contributed by atoms with van der Waals surface area (Å²) in [6.45, 7) is 0. The number of halogens is 2. The summed E-state index contributed by atoms with van der Waals surface area (Å²) >= 11 is 6.76. The lowest BCUT2D eigenvalue weighted by atomic mass is 10.0. The predicted octanol–water partition coefficient (Wildman–Crippen LogP) is 4.08. The van der Waals surface area contributed by atoms with E-state index in [1.807, 2.05) is 12.1 Å². The highest BCUT2D eigenvalue weighted by molar-refractivity contribution is 9.10. The van der Waals surface area contributed by atoms with Crippen molar-refractivity contribution in [2.45, 2.75) is 0 Å². The van der Waals surface area contributed by atoms with Crippen LogP contribution in [0.2, 0.25) is 0 Å². The molecule has 2 aromatic carbocycles. The molecule has 1 heterocycles. The van der Waals surface area contributed by atoms with Gasteiger partial charge in [-0.3, -0.25) is 9.59 Å². The van der Waals surface area contributed by atoms with Crippen LogP contribution >= 0.6 is 31.9 Å². The van der Waals surface area contributed by atoms with E-state index in [0.717, 1.165) is 8.95 Å². The molecular weight excluding hydrogens is 412 g/mol. The van der Waals surface area contributed by atoms with Gasteiger partial charge in [-0.05, 0) is 36.4 Å². The number of hydrogen-bond donors (Lipinski definition) is 0. The SMILES string of the molecule is CN1C(=O)c2cc(Br)ccc2N(C)C(=O)c2cc(Br)ccc21. The molecule has 4 nitrogen and oxygen atoms in total. The van der Waals surface area contributed by atoms with E-state index in [9.17, 15) is 9.59 Å². The van der Waals surface area contributed by atoms with Gasteiger partial charge in [-0.25, -0.2) is 0 Å². The van der Waals surface area contributed by atoms with Gasteiger partial charge in [0.15, 0.2) is 0 Å². The van der Waals surface area contributed by atoms with Crippen LogP contribution in [0, 0.1) is 0 Å². The maximum atomic E-state index is 12.8. The monoisotopic (exact) mass is 422 g/mol. The van der Waals surface area contributed by atoms with Crippen LogP contribution < -0.4 is 9.80 Å². The van der Waals surface area contributed by atoms with Crippen molar-refractivity contribution in [3.63, 3.8) is 0 Å². The second kappa shape index (κ2) is 5.52. The van der Waals surface area contributed by atoms with Crippen molar-refractivity contribution in [3.8, 4) is 0 Å². The molecule has 0 spiro atoms. The number of fused-ring (bicyclic) bond motifs is 2. The van der Waals surface area contributed by atoms with E-state index in [1.54, 1.807) is 38.4 Å². The molecular formula is C16H12Br2N2O2. The van der Waals surface area contributed by atoms with Crippen molar-refractivity contribution in [2.24, 2.45) is 0 Å². The third-order valence-electron chi connectivity index (χ3n) is 3.71. The fourth-order valence-corrected chi connectivity index (χ4v) is 3.25. The number of anilines is 2. The van der Waals surface area contributed by atoms with Crippen LogP contribution in [0.25, 0.3) is 0 Å². The van der Waals surface area contributed by atoms with Gasteiger partial charge in [0.05, 0.1) is 22.5 Å². The number of benzene rings is 2. The maximum Gasteiger partial charge on any atom is 0.260 e. The van der Waals surface area contributed by atoms with E-state index in [2.05, 4.69) is 31.9 Å². The van der Waals surface area contributed by atoms with Gasteiger partial charge in [0.25, 0.3) is 11.8 Å². The van der Waals surface area contributed by atoms with Gasteiger partial charge >= 0.3 is 0 Å². The second-order valence-corrected chi connectivity index (χ2v) is 6.88. The lowest BCUT2D eigenvalue weighted by molar-refractivity contribution is 0.0981. The first-order valence-electron chi connectivity index (χ1n) is 6.55. The number of amides is 2. The average Bonchev–Trinajstić information content (AvgIpc) is 2.51. The summed E-state index contributed by atoms with van der Waals surface area (Å²) in [6, 6.07) is 10.7. The summed E-state index contributed by atoms with van der Waals surface area (Å²) < 4.78 is 1.59. The zero-order valence-corrected chi connectivity index (χ0v) is 15.1. The quantitative estimate of drug-likeness (QED) is 0.640. The fourth-order valence-electron chi connectivity index (χ4n) is 2.52. The topological polar surface area (TPSA) is 40.6 Å². The Bertz CT molecular complexity index is 737. The highest BCUT2D eigenvalue weighted by Gasteiger charge is 2.29. The lowest BCUT2D eigenvalue weighted by Gasteiger charge is -2.29. The number of carbonyl (C=O) groups excluding carboxylic acids is 2. The van der Waals surface area contributed by atoms with Crippen LogP contribution in [0.5, 0.6) is 0 Å². The molecule has 0 N–H and O–H groups in total. The van der Waals surface area contributed by atoms with E-state index < -0.39 is 0 Å². The van der Waals surface area contributed by atoms with E-state index in [0.29, 0.717) is 22.5 Å². The number of hydrogen-bond acceptors (Lipinski definition) is 2. The average molecular weight is 424 g/mol. The van der Waals surface area contributed by atoms with Crippen LogP contribution in [0.4, 0.5) is 11.4 Å². The van der Waals surface area contributed by atoms with Crippen molar-refractivity contribution in [1.29, 1.82) is 0 Å². The van der Waals surface area contributed by atoms with Gasteiger partial charge < -0.3 is 9.80 Å². The molecule has 0 saturated heterocycles. The smallest absolute Gasteiger partial charge is 0.260 e. The van der Waals surface area contributed by atoms with E-state index in [4.69, 9.17) is 0 Å². The van der Waals surface area contributed by atoms with Gasteiger partial charge in [-0.2, -0.15) is 0 Å². The lowest BCUT2D eigenvalue weighted by Crippen LogP contribution is -2.36. The number of carbonyl (C=O) groups is 2. The number of nitrogens with zero attached hydrogens (tertiary/aromatic N) is 2. The van der Waals surface area contributed by atoms with Crippen molar-refractivity contribution in [1.82, 2.24) is 0 Å². The summed E-state index contributed by atoms with van der Waals surface area (Å²) in [4.78, 5) is 28.6. The summed E-state index contributed by atoms with van der Waals surface area (Å²) in [5, 5.41) is 0. The standard InChI is InChI=1S/C16H12Br2N2O2/c1-19-13-5-3-9(17)7-11(13)16(22)20(2)14-6-4-10(18)8-12(14)15(19)21/h3-8H,1-2H3. The van der Waals surface area contributed by atoms with E-state index in [1.165, 1.54) is 9.80 Å². The molecule has 1 aliphatic rings. The van der Waals surface area contributed by atoms with Crippen molar-refractivity contribution < 1.29 is 9.59 Å². The molecule has 0 radical (unpaired) electrons. The Hall–Kier alpha value is -1.66. The minimum atomic E-state index is -0.153. The molecule has 2 amide bonds. The molecule has 112 valence electrons. The molecule has 0 saturated carbocycles. The third kappa shape index (κ3) is 2.36. The van der Waals surface area contributed by atoms with Gasteiger partial charge in [0.1, 0.15) is 0 Å². The molecule has 0 unspecified atom stereocenters. The van der Waals surface area contributed by atoms with Crippen molar-refractivity contribution in [2.75, 3.05) is 23.9 Å². The molecule has 0 aromatic heterocycles. The molecule has 1 aliphatic heterocycles. The molecule has 0 aliphatic carbocycles. The Morgan fingerprint density at radius 2 is 1.09 bits per heavy atom. The molecule has 6 heteroatoms. The van der Waals surface area contributed by atoms with E-state index in [-0.39, 0.29) is 11.8 Å². The van der Waals surface area contributed by atoms with Gasteiger partial charge in [-0.15, -0.1) is 0 Å². The Morgan fingerprint density at radius 1 is 0.727 bits per heavy atom. The first-order chi connectivity index (χ1) is 10.4. The molecule has 22 heavy (non-hydrogen) atoms.